The monoisotopic (exact) mass is 287 g/mol. The maximum Gasteiger partial charge on any atom is 0.0186 e. The molecule has 1 nitrogen and oxygen atoms in total. The molecule has 1 N–H and O–H groups in total. The Morgan fingerprint density at radius 2 is 2.20 bits per heavy atom. The van der Waals surface area contributed by atoms with Crippen molar-refractivity contribution in [3.63, 3.8) is 0 Å². The lowest BCUT2D eigenvalue weighted by Crippen LogP contribution is -2.13. The van der Waals surface area contributed by atoms with Crippen LogP contribution in [0.4, 0.5) is 0 Å². The Bertz CT molecular complexity index is 278. The second kappa shape index (κ2) is 8.20. The Hall–Kier alpha value is 0.01000. The van der Waals surface area contributed by atoms with Crippen LogP contribution in [0.1, 0.15) is 19.8 Å². The molecule has 0 atom stereocenters. The summed E-state index contributed by atoms with van der Waals surface area (Å²) >= 11 is 5.42. The molecule has 1 aromatic rings. The van der Waals surface area contributed by atoms with E-state index >= 15 is 0 Å². The van der Waals surface area contributed by atoms with Gasteiger partial charge in [-0.3, -0.25) is 0 Å². The Balaban J connectivity index is 2.10. The maximum absolute atomic E-state index is 3.48. The zero-order valence-corrected chi connectivity index (χ0v) is 11.5. The van der Waals surface area contributed by atoms with Gasteiger partial charge < -0.3 is 5.32 Å². The molecule has 1 aromatic carbocycles. The summed E-state index contributed by atoms with van der Waals surface area (Å²) in [6.45, 7) is 4.38. The van der Waals surface area contributed by atoms with E-state index in [9.17, 15) is 0 Å². The molecule has 0 aliphatic rings. The van der Waals surface area contributed by atoms with Crippen LogP contribution in [0, 0.1) is 0 Å². The molecular weight excluding hydrogens is 270 g/mol. The van der Waals surface area contributed by atoms with Crippen molar-refractivity contribution in [2.45, 2.75) is 24.7 Å². The minimum Gasteiger partial charge on any atom is -0.317 e. The quantitative estimate of drug-likeness (QED) is 0.602. The standard InChI is InChI=1S/C12H18BrNS/c1-2-14-8-3-4-9-15-12-7-5-6-11(13)10-12/h5-7,10,14H,2-4,8-9H2,1H3. The molecule has 84 valence electrons. The SMILES string of the molecule is CCNCCCCSc1cccc(Br)c1. The number of hydrogen-bond donors (Lipinski definition) is 1. The molecule has 0 saturated carbocycles. The highest BCUT2D eigenvalue weighted by Gasteiger charge is 1.94. The largest absolute Gasteiger partial charge is 0.317 e. The molecule has 0 bridgehead atoms. The first-order chi connectivity index (χ1) is 7.33. The van der Waals surface area contributed by atoms with Gasteiger partial charge in [0, 0.05) is 9.37 Å². The van der Waals surface area contributed by atoms with Crippen LogP contribution in [0.15, 0.2) is 33.6 Å². The third-order valence-corrected chi connectivity index (χ3v) is 3.64. The number of nitrogens with one attached hydrogen (secondary N) is 1. The zero-order valence-electron chi connectivity index (χ0n) is 9.13. The first-order valence-electron chi connectivity index (χ1n) is 5.42. The van der Waals surface area contributed by atoms with Crippen molar-refractivity contribution in [3.8, 4) is 0 Å². The summed E-state index contributed by atoms with van der Waals surface area (Å²) in [5, 5.41) is 3.34. The highest BCUT2D eigenvalue weighted by molar-refractivity contribution is 9.10. The summed E-state index contributed by atoms with van der Waals surface area (Å²) in [6.07, 6.45) is 2.55. The normalized spacial score (nSPS) is 10.5. The third-order valence-electron chi connectivity index (χ3n) is 2.06. The molecule has 0 aromatic heterocycles. The van der Waals surface area contributed by atoms with Crippen molar-refractivity contribution < 1.29 is 0 Å². The van der Waals surface area contributed by atoms with Crippen molar-refractivity contribution in [3.05, 3.63) is 28.7 Å². The summed E-state index contributed by atoms with van der Waals surface area (Å²) in [4.78, 5) is 1.35. The van der Waals surface area contributed by atoms with E-state index in [2.05, 4.69) is 52.4 Å². The van der Waals surface area contributed by atoms with E-state index in [1.807, 2.05) is 11.8 Å². The molecule has 0 amide bonds. The number of thioether (sulfide) groups is 1. The fraction of sp³-hybridized carbons (Fsp3) is 0.500. The van der Waals surface area contributed by atoms with Gasteiger partial charge in [-0.15, -0.1) is 11.8 Å². The predicted molar refractivity (Wildman–Crippen MR) is 72.6 cm³/mol. The van der Waals surface area contributed by atoms with Crippen LogP contribution in [0.25, 0.3) is 0 Å². The summed E-state index contributed by atoms with van der Waals surface area (Å²) in [7, 11) is 0. The minimum atomic E-state index is 1.08. The Morgan fingerprint density at radius 3 is 2.93 bits per heavy atom. The zero-order chi connectivity index (χ0) is 10.9. The van der Waals surface area contributed by atoms with E-state index in [-0.39, 0.29) is 0 Å². The Labute approximate surface area is 105 Å². The van der Waals surface area contributed by atoms with Crippen molar-refractivity contribution in [2.24, 2.45) is 0 Å². The first kappa shape index (κ1) is 13.1. The third kappa shape index (κ3) is 6.23. The number of halogens is 1. The number of benzene rings is 1. The molecule has 0 spiro atoms. The minimum absolute atomic E-state index is 1.08. The average Bonchev–Trinajstić information content (AvgIpc) is 2.23. The van der Waals surface area contributed by atoms with E-state index in [1.54, 1.807) is 0 Å². The number of unbranched alkanes of at least 4 members (excludes halogenated alkanes) is 1. The topological polar surface area (TPSA) is 12.0 Å². The van der Waals surface area contributed by atoms with Crippen LogP contribution in [0.3, 0.4) is 0 Å². The van der Waals surface area contributed by atoms with Crippen LogP contribution < -0.4 is 5.32 Å². The molecule has 0 fully saturated rings. The molecule has 0 radical (unpaired) electrons. The predicted octanol–water partition coefficient (Wildman–Crippen LogP) is 3.93. The number of hydrogen-bond acceptors (Lipinski definition) is 2. The van der Waals surface area contributed by atoms with Gasteiger partial charge in [0.15, 0.2) is 0 Å². The molecule has 0 heterocycles. The highest BCUT2D eigenvalue weighted by atomic mass is 79.9. The average molecular weight is 288 g/mol. The molecule has 0 unspecified atom stereocenters. The molecule has 3 heteroatoms. The molecular formula is C12H18BrNS. The highest BCUT2D eigenvalue weighted by Crippen LogP contribution is 2.22. The van der Waals surface area contributed by atoms with Gasteiger partial charge in [-0.1, -0.05) is 28.9 Å². The van der Waals surface area contributed by atoms with Crippen molar-refractivity contribution in [1.29, 1.82) is 0 Å². The Kier molecular flexibility index (Phi) is 7.14. The van der Waals surface area contributed by atoms with Crippen molar-refractivity contribution in [1.82, 2.24) is 5.32 Å². The van der Waals surface area contributed by atoms with E-state index in [1.165, 1.54) is 28.0 Å². The van der Waals surface area contributed by atoms with Crippen LogP contribution in [-0.2, 0) is 0 Å². The maximum atomic E-state index is 3.48. The fourth-order valence-corrected chi connectivity index (χ4v) is 2.80. The van der Waals surface area contributed by atoms with Gasteiger partial charge in [-0.25, -0.2) is 0 Å². The van der Waals surface area contributed by atoms with Crippen LogP contribution >= 0.6 is 27.7 Å². The second-order valence-corrected chi connectivity index (χ2v) is 5.45. The van der Waals surface area contributed by atoms with E-state index < -0.39 is 0 Å². The van der Waals surface area contributed by atoms with Gasteiger partial charge in [0.25, 0.3) is 0 Å². The molecule has 0 aliphatic heterocycles. The number of rotatable bonds is 7. The van der Waals surface area contributed by atoms with Crippen LogP contribution in [0.2, 0.25) is 0 Å². The van der Waals surface area contributed by atoms with Crippen LogP contribution in [-0.4, -0.2) is 18.8 Å². The summed E-state index contributed by atoms with van der Waals surface area (Å²) in [5.41, 5.74) is 0. The lowest BCUT2D eigenvalue weighted by molar-refractivity contribution is 0.666. The summed E-state index contributed by atoms with van der Waals surface area (Å²) in [5.74, 6) is 1.21. The molecule has 0 saturated heterocycles. The fourth-order valence-electron chi connectivity index (χ4n) is 1.28. The van der Waals surface area contributed by atoms with Gasteiger partial charge in [-0.05, 0) is 49.9 Å². The van der Waals surface area contributed by atoms with Crippen molar-refractivity contribution >= 4 is 27.7 Å². The van der Waals surface area contributed by atoms with E-state index in [0.29, 0.717) is 0 Å². The first-order valence-corrected chi connectivity index (χ1v) is 7.20. The summed E-state index contributed by atoms with van der Waals surface area (Å²) < 4.78 is 1.17. The molecule has 15 heavy (non-hydrogen) atoms. The smallest absolute Gasteiger partial charge is 0.0186 e. The molecule has 0 aliphatic carbocycles. The van der Waals surface area contributed by atoms with Gasteiger partial charge in [0.05, 0.1) is 0 Å². The Morgan fingerprint density at radius 1 is 1.33 bits per heavy atom. The second-order valence-electron chi connectivity index (χ2n) is 3.37. The summed E-state index contributed by atoms with van der Waals surface area (Å²) in [6, 6.07) is 8.50. The van der Waals surface area contributed by atoms with E-state index in [0.717, 1.165) is 13.1 Å². The lowest BCUT2D eigenvalue weighted by atomic mass is 10.3. The van der Waals surface area contributed by atoms with Gasteiger partial charge >= 0.3 is 0 Å². The molecule has 1 rings (SSSR count). The van der Waals surface area contributed by atoms with E-state index in [4.69, 9.17) is 0 Å². The van der Waals surface area contributed by atoms with Gasteiger partial charge in [0.1, 0.15) is 0 Å². The van der Waals surface area contributed by atoms with Gasteiger partial charge in [-0.2, -0.15) is 0 Å². The lowest BCUT2D eigenvalue weighted by Gasteiger charge is -2.03. The van der Waals surface area contributed by atoms with Gasteiger partial charge in [0.2, 0.25) is 0 Å². The van der Waals surface area contributed by atoms with Crippen LogP contribution in [0.5, 0.6) is 0 Å². The van der Waals surface area contributed by atoms with Crippen molar-refractivity contribution in [2.75, 3.05) is 18.8 Å².